The second-order valence-electron chi connectivity index (χ2n) is 2.79. The van der Waals surface area contributed by atoms with E-state index in [4.69, 9.17) is 22.9 Å². The number of hydrogen-bond donors (Lipinski definition) is 6. The van der Waals surface area contributed by atoms with Gasteiger partial charge >= 0.3 is 0 Å². The highest BCUT2D eigenvalue weighted by molar-refractivity contribution is 5.97. The van der Waals surface area contributed by atoms with Crippen LogP contribution in [-0.2, 0) is 0 Å². The zero-order valence-corrected chi connectivity index (χ0v) is 6.94. The third-order valence-corrected chi connectivity index (χ3v) is 1.89. The van der Waals surface area contributed by atoms with Crippen molar-refractivity contribution in [1.82, 2.24) is 0 Å². The Morgan fingerprint density at radius 2 is 2.08 bits per heavy atom. The van der Waals surface area contributed by atoms with Crippen LogP contribution in [0.1, 0.15) is 0 Å². The molecule has 74 valence electrons. The van der Waals surface area contributed by atoms with Crippen LogP contribution >= 0.6 is 0 Å². The van der Waals surface area contributed by atoms with E-state index in [9.17, 15) is 10.2 Å². The molecule has 0 bridgehead atoms. The molecule has 0 aliphatic carbocycles. The Morgan fingerprint density at radius 3 is 2.54 bits per heavy atom. The second kappa shape index (κ2) is 2.96. The summed E-state index contributed by atoms with van der Waals surface area (Å²) in [5.41, 5.74) is 19.1. The summed E-state index contributed by atoms with van der Waals surface area (Å²) in [5.74, 6) is -0.429. The summed E-state index contributed by atoms with van der Waals surface area (Å²) in [6.45, 7) is -0.0747. The number of aliphatic hydroxyl groups excluding tert-OH is 1. The molecule has 0 saturated carbocycles. The van der Waals surface area contributed by atoms with E-state index in [0.717, 1.165) is 0 Å². The van der Waals surface area contributed by atoms with Gasteiger partial charge in [-0.2, -0.15) is 0 Å². The first kappa shape index (κ1) is 9.93. The van der Waals surface area contributed by atoms with Crippen LogP contribution in [0, 0.1) is 0 Å². The Hall–Kier alpha value is -1.15. The fourth-order valence-corrected chi connectivity index (χ4v) is 1.05. The molecule has 0 fully saturated rings. The number of nitrogens with two attached hydrogens (primary N) is 4. The highest BCUT2D eigenvalue weighted by Crippen LogP contribution is 2.18. The van der Waals surface area contributed by atoms with E-state index in [1.54, 1.807) is 0 Å². The SMILES string of the molecule is NCC1=NC(N)C(O)=C(N)C1(N)O. The average Bonchev–Trinajstić information content (AvgIpc) is 2.08. The Morgan fingerprint density at radius 1 is 1.54 bits per heavy atom. The largest absolute Gasteiger partial charge is 0.507 e. The average molecular weight is 187 g/mol. The minimum atomic E-state index is -1.99. The van der Waals surface area contributed by atoms with Gasteiger partial charge in [-0.05, 0) is 0 Å². The fourth-order valence-electron chi connectivity index (χ4n) is 1.05. The fraction of sp³-hybridized carbons (Fsp3) is 0.500. The Balaban J connectivity index is 3.15. The van der Waals surface area contributed by atoms with E-state index in [0.29, 0.717) is 0 Å². The lowest BCUT2D eigenvalue weighted by Crippen LogP contribution is -2.58. The maximum Gasteiger partial charge on any atom is 0.198 e. The van der Waals surface area contributed by atoms with Crippen molar-refractivity contribution in [2.24, 2.45) is 27.9 Å². The van der Waals surface area contributed by atoms with Gasteiger partial charge < -0.3 is 27.4 Å². The smallest absolute Gasteiger partial charge is 0.198 e. The van der Waals surface area contributed by atoms with Gasteiger partial charge in [-0.25, -0.2) is 0 Å². The molecule has 2 unspecified atom stereocenters. The summed E-state index contributed by atoms with van der Waals surface area (Å²) in [6, 6.07) is 0. The number of dihydropyridines is 1. The summed E-state index contributed by atoms with van der Waals surface area (Å²) in [4.78, 5) is 3.69. The number of aliphatic imine (C=N–C) groups is 1. The van der Waals surface area contributed by atoms with E-state index < -0.39 is 17.6 Å². The first-order chi connectivity index (χ1) is 5.91. The van der Waals surface area contributed by atoms with E-state index >= 15 is 0 Å². The van der Waals surface area contributed by atoms with Gasteiger partial charge in [0.25, 0.3) is 0 Å². The molecule has 10 N–H and O–H groups in total. The first-order valence-corrected chi connectivity index (χ1v) is 3.64. The maximum atomic E-state index is 9.56. The highest BCUT2D eigenvalue weighted by atomic mass is 16.3. The van der Waals surface area contributed by atoms with Crippen molar-refractivity contribution in [2.75, 3.05) is 6.54 Å². The van der Waals surface area contributed by atoms with E-state index in [-0.39, 0.29) is 18.0 Å². The van der Waals surface area contributed by atoms with Gasteiger partial charge in [0.05, 0.1) is 5.71 Å². The summed E-state index contributed by atoms with van der Waals surface area (Å²) >= 11 is 0. The van der Waals surface area contributed by atoms with Crippen LogP contribution in [0.3, 0.4) is 0 Å². The molecule has 0 aromatic carbocycles. The molecule has 1 aliphatic rings. The Bertz CT molecular complexity index is 283. The van der Waals surface area contributed by atoms with Gasteiger partial charge in [-0.3, -0.25) is 10.7 Å². The van der Waals surface area contributed by atoms with Crippen molar-refractivity contribution < 1.29 is 10.2 Å². The number of nitrogens with zero attached hydrogens (tertiary/aromatic N) is 1. The lowest BCUT2D eigenvalue weighted by atomic mass is 10.00. The second-order valence-corrected chi connectivity index (χ2v) is 2.79. The lowest BCUT2D eigenvalue weighted by molar-refractivity contribution is 0.140. The third-order valence-electron chi connectivity index (χ3n) is 1.89. The van der Waals surface area contributed by atoms with Crippen molar-refractivity contribution in [3.63, 3.8) is 0 Å². The van der Waals surface area contributed by atoms with Crippen LogP contribution in [0.15, 0.2) is 16.4 Å². The number of rotatable bonds is 1. The van der Waals surface area contributed by atoms with Gasteiger partial charge in [0, 0.05) is 6.54 Å². The molecule has 7 nitrogen and oxygen atoms in total. The molecule has 7 heteroatoms. The standard InChI is InChI=1S/C6H13N5O2/c7-1-2-6(10,13)4(8)3(12)5(9)11-2/h5,12-13H,1,7-10H2. The molecule has 0 aromatic rings. The predicted molar refractivity (Wildman–Crippen MR) is 47.4 cm³/mol. The van der Waals surface area contributed by atoms with Crippen LogP contribution in [-0.4, -0.2) is 34.4 Å². The van der Waals surface area contributed by atoms with E-state index in [1.165, 1.54) is 0 Å². The summed E-state index contributed by atoms with van der Waals surface area (Å²) < 4.78 is 0. The molecule has 0 saturated heterocycles. The van der Waals surface area contributed by atoms with Crippen molar-refractivity contribution in [1.29, 1.82) is 0 Å². The molecule has 1 heterocycles. The zero-order valence-electron chi connectivity index (χ0n) is 6.94. The Labute approximate surface area is 74.7 Å². The summed E-state index contributed by atoms with van der Waals surface area (Å²) in [7, 11) is 0. The molecular formula is C6H13N5O2. The molecule has 0 amide bonds. The summed E-state index contributed by atoms with van der Waals surface area (Å²) in [5, 5.41) is 18.8. The van der Waals surface area contributed by atoms with Gasteiger partial charge in [-0.15, -0.1) is 0 Å². The van der Waals surface area contributed by atoms with Crippen LogP contribution in [0.2, 0.25) is 0 Å². The molecule has 1 rings (SSSR count). The Kier molecular flexibility index (Phi) is 2.26. The summed E-state index contributed by atoms with van der Waals surface area (Å²) in [6.07, 6.45) is -0.998. The predicted octanol–water partition coefficient (Wildman–Crippen LogP) is -2.94. The van der Waals surface area contributed by atoms with Crippen LogP contribution < -0.4 is 22.9 Å². The van der Waals surface area contributed by atoms with Crippen molar-refractivity contribution in [3.8, 4) is 0 Å². The minimum Gasteiger partial charge on any atom is -0.507 e. The molecule has 0 spiro atoms. The van der Waals surface area contributed by atoms with Crippen molar-refractivity contribution >= 4 is 5.71 Å². The molecule has 2 atom stereocenters. The molecule has 13 heavy (non-hydrogen) atoms. The van der Waals surface area contributed by atoms with E-state index in [1.807, 2.05) is 0 Å². The highest BCUT2D eigenvalue weighted by Gasteiger charge is 2.38. The van der Waals surface area contributed by atoms with Crippen LogP contribution in [0.5, 0.6) is 0 Å². The van der Waals surface area contributed by atoms with Gasteiger partial charge in [0.15, 0.2) is 17.6 Å². The maximum absolute atomic E-state index is 9.56. The monoisotopic (exact) mass is 187 g/mol. The third kappa shape index (κ3) is 1.38. The number of aliphatic hydroxyl groups is 2. The van der Waals surface area contributed by atoms with Crippen LogP contribution in [0.4, 0.5) is 0 Å². The van der Waals surface area contributed by atoms with Crippen molar-refractivity contribution in [2.45, 2.75) is 11.9 Å². The van der Waals surface area contributed by atoms with Gasteiger partial charge in [0.1, 0.15) is 5.70 Å². The zero-order chi connectivity index (χ0) is 10.2. The van der Waals surface area contributed by atoms with E-state index in [2.05, 4.69) is 4.99 Å². The normalized spacial score (nSPS) is 34.8. The quantitative estimate of drug-likeness (QED) is 0.241. The topological polar surface area (TPSA) is 157 Å². The lowest BCUT2D eigenvalue weighted by Gasteiger charge is -2.30. The van der Waals surface area contributed by atoms with Gasteiger partial charge in [-0.1, -0.05) is 0 Å². The van der Waals surface area contributed by atoms with Crippen LogP contribution in [0.25, 0.3) is 0 Å². The van der Waals surface area contributed by atoms with Gasteiger partial charge in [0.2, 0.25) is 0 Å². The molecule has 1 aliphatic heterocycles. The molecule has 0 aromatic heterocycles. The molecular weight excluding hydrogens is 174 g/mol. The molecule has 0 radical (unpaired) electrons. The van der Waals surface area contributed by atoms with Crippen molar-refractivity contribution in [3.05, 3.63) is 11.5 Å². The number of hydrogen-bond acceptors (Lipinski definition) is 7. The first-order valence-electron chi connectivity index (χ1n) is 3.64. The minimum absolute atomic E-state index is 0.0512.